The zero-order chi connectivity index (χ0) is 16.9. The van der Waals surface area contributed by atoms with Crippen LogP contribution in [0.4, 0.5) is 5.69 Å². The highest BCUT2D eigenvalue weighted by atomic mass is 35.5. The van der Waals surface area contributed by atoms with Gasteiger partial charge in [0.25, 0.3) is 0 Å². The standard InChI is InChI=1S/C19H22ClN3O.ClH/c20-16-7-4-8-17(14-16)22-9-11-23(12-10-22)19(24)18(21)13-15-5-2-1-3-6-15;/h1-8,14,18H,9-13,21H2;1H. The molecule has 1 unspecified atom stereocenters. The lowest BCUT2D eigenvalue weighted by atomic mass is 10.1. The highest BCUT2D eigenvalue weighted by molar-refractivity contribution is 6.30. The maximum Gasteiger partial charge on any atom is 0.239 e. The van der Waals surface area contributed by atoms with E-state index in [2.05, 4.69) is 4.90 Å². The number of piperazine rings is 1. The third-order valence-electron chi connectivity index (χ3n) is 4.38. The van der Waals surface area contributed by atoms with E-state index in [0.29, 0.717) is 19.5 Å². The second-order valence-electron chi connectivity index (χ2n) is 6.09. The van der Waals surface area contributed by atoms with Gasteiger partial charge in [0, 0.05) is 36.9 Å². The second kappa shape index (κ2) is 9.09. The van der Waals surface area contributed by atoms with Crippen LogP contribution in [0.25, 0.3) is 0 Å². The van der Waals surface area contributed by atoms with Crippen molar-refractivity contribution in [1.82, 2.24) is 4.90 Å². The van der Waals surface area contributed by atoms with Crippen molar-refractivity contribution in [2.75, 3.05) is 31.1 Å². The lowest BCUT2D eigenvalue weighted by molar-refractivity contribution is -0.132. The van der Waals surface area contributed by atoms with Crippen molar-refractivity contribution in [3.63, 3.8) is 0 Å². The molecule has 0 saturated carbocycles. The van der Waals surface area contributed by atoms with Crippen molar-refractivity contribution in [1.29, 1.82) is 0 Å². The molecule has 4 nitrogen and oxygen atoms in total. The Labute approximate surface area is 160 Å². The van der Waals surface area contributed by atoms with Gasteiger partial charge >= 0.3 is 0 Å². The average Bonchev–Trinajstić information content (AvgIpc) is 2.62. The zero-order valence-electron chi connectivity index (χ0n) is 14.0. The van der Waals surface area contributed by atoms with E-state index in [1.807, 2.05) is 59.5 Å². The number of halogens is 2. The highest BCUT2D eigenvalue weighted by Crippen LogP contribution is 2.21. The third-order valence-corrected chi connectivity index (χ3v) is 4.62. The molecule has 3 rings (SSSR count). The molecule has 1 aliphatic heterocycles. The number of anilines is 1. The van der Waals surface area contributed by atoms with E-state index in [0.717, 1.165) is 29.4 Å². The van der Waals surface area contributed by atoms with Gasteiger partial charge in [0.1, 0.15) is 0 Å². The van der Waals surface area contributed by atoms with Crippen molar-refractivity contribution < 1.29 is 4.79 Å². The first kappa shape index (κ1) is 19.6. The van der Waals surface area contributed by atoms with E-state index in [4.69, 9.17) is 17.3 Å². The molecule has 0 spiro atoms. The number of hydrogen-bond acceptors (Lipinski definition) is 3. The van der Waals surface area contributed by atoms with Crippen LogP contribution in [0.5, 0.6) is 0 Å². The van der Waals surface area contributed by atoms with Crippen LogP contribution in [0.15, 0.2) is 54.6 Å². The fourth-order valence-corrected chi connectivity index (χ4v) is 3.23. The largest absolute Gasteiger partial charge is 0.368 e. The Kier molecular flexibility index (Phi) is 7.12. The van der Waals surface area contributed by atoms with Crippen LogP contribution in [-0.2, 0) is 11.2 Å². The third kappa shape index (κ3) is 5.11. The van der Waals surface area contributed by atoms with Gasteiger partial charge in [-0.05, 0) is 30.2 Å². The molecule has 0 aromatic heterocycles. The molecule has 1 atom stereocenters. The molecule has 0 aliphatic carbocycles. The second-order valence-corrected chi connectivity index (χ2v) is 6.52. The first-order valence-corrected chi connectivity index (χ1v) is 8.60. The minimum absolute atomic E-state index is 0. The van der Waals surface area contributed by atoms with Gasteiger partial charge < -0.3 is 15.5 Å². The van der Waals surface area contributed by atoms with Gasteiger partial charge in [-0.25, -0.2) is 0 Å². The molecule has 0 radical (unpaired) electrons. The number of amides is 1. The minimum atomic E-state index is -0.481. The van der Waals surface area contributed by atoms with Gasteiger partial charge in [0.05, 0.1) is 6.04 Å². The summed E-state index contributed by atoms with van der Waals surface area (Å²) in [4.78, 5) is 16.7. The number of hydrogen-bond donors (Lipinski definition) is 1. The van der Waals surface area contributed by atoms with Crippen LogP contribution in [0, 0.1) is 0 Å². The van der Waals surface area contributed by atoms with Gasteiger partial charge in [-0.15, -0.1) is 12.4 Å². The summed E-state index contributed by atoms with van der Waals surface area (Å²) in [5.74, 6) is 0.0320. The SMILES string of the molecule is Cl.NC(Cc1ccccc1)C(=O)N1CCN(c2cccc(Cl)c2)CC1. The van der Waals surface area contributed by atoms with Gasteiger partial charge in [-0.2, -0.15) is 0 Å². The molecule has 2 N–H and O–H groups in total. The topological polar surface area (TPSA) is 49.6 Å². The molecule has 1 saturated heterocycles. The summed E-state index contributed by atoms with van der Waals surface area (Å²) in [5.41, 5.74) is 8.32. The van der Waals surface area contributed by atoms with E-state index in [9.17, 15) is 4.79 Å². The molecule has 2 aromatic rings. The normalized spacial score (nSPS) is 15.4. The summed E-state index contributed by atoms with van der Waals surface area (Å²) < 4.78 is 0. The highest BCUT2D eigenvalue weighted by Gasteiger charge is 2.25. The number of nitrogens with two attached hydrogens (primary N) is 1. The zero-order valence-corrected chi connectivity index (χ0v) is 15.5. The van der Waals surface area contributed by atoms with E-state index in [-0.39, 0.29) is 18.3 Å². The Morgan fingerprint density at radius 3 is 2.36 bits per heavy atom. The number of rotatable bonds is 4. The van der Waals surface area contributed by atoms with Gasteiger partial charge in [0.15, 0.2) is 0 Å². The fraction of sp³-hybridized carbons (Fsp3) is 0.316. The smallest absolute Gasteiger partial charge is 0.239 e. The van der Waals surface area contributed by atoms with Crippen LogP contribution in [-0.4, -0.2) is 43.0 Å². The number of carbonyl (C=O) groups is 1. The maximum absolute atomic E-state index is 12.6. The van der Waals surface area contributed by atoms with Crippen LogP contribution in [0.3, 0.4) is 0 Å². The lowest BCUT2D eigenvalue weighted by Crippen LogP contribution is -2.53. The van der Waals surface area contributed by atoms with Gasteiger partial charge in [-0.3, -0.25) is 4.79 Å². The molecule has 134 valence electrons. The van der Waals surface area contributed by atoms with Gasteiger partial charge in [-0.1, -0.05) is 48.0 Å². The molecule has 0 bridgehead atoms. The monoisotopic (exact) mass is 379 g/mol. The molecule has 6 heteroatoms. The molecular formula is C19H23Cl2N3O. The Bertz CT molecular complexity index is 688. The lowest BCUT2D eigenvalue weighted by Gasteiger charge is -2.37. The summed E-state index contributed by atoms with van der Waals surface area (Å²) in [7, 11) is 0. The van der Waals surface area contributed by atoms with Crippen LogP contribution < -0.4 is 10.6 Å². The predicted octanol–water partition coefficient (Wildman–Crippen LogP) is 2.98. The fourth-order valence-electron chi connectivity index (χ4n) is 3.05. The summed E-state index contributed by atoms with van der Waals surface area (Å²) in [6.45, 7) is 2.97. The molecular weight excluding hydrogens is 357 g/mol. The quantitative estimate of drug-likeness (QED) is 0.887. The average molecular weight is 380 g/mol. The van der Waals surface area contributed by atoms with Crippen LogP contribution in [0.2, 0.25) is 5.02 Å². The number of nitrogens with zero attached hydrogens (tertiary/aromatic N) is 2. The van der Waals surface area contributed by atoms with E-state index in [1.165, 1.54) is 0 Å². The first-order valence-electron chi connectivity index (χ1n) is 8.22. The van der Waals surface area contributed by atoms with Crippen molar-refractivity contribution in [3.8, 4) is 0 Å². The number of carbonyl (C=O) groups excluding carboxylic acids is 1. The van der Waals surface area contributed by atoms with Crippen molar-refractivity contribution >= 4 is 35.6 Å². The van der Waals surface area contributed by atoms with Crippen LogP contribution >= 0.6 is 24.0 Å². The van der Waals surface area contributed by atoms with Gasteiger partial charge in [0.2, 0.25) is 5.91 Å². The molecule has 1 aliphatic rings. The van der Waals surface area contributed by atoms with Crippen molar-refractivity contribution in [2.45, 2.75) is 12.5 Å². The Balaban J connectivity index is 0.00000225. The van der Waals surface area contributed by atoms with Crippen molar-refractivity contribution in [2.24, 2.45) is 5.73 Å². The van der Waals surface area contributed by atoms with Crippen molar-refractivity contribution in [3.05, 3.63) is 65.2 Å². The van der Waals surface area contributed by atoms with E-state index >= 15 is 0 Å². The maximum atomic E-state index is 12.6. The summed E-state index contributed by atoms with van der Waals surface area (Å²) in [6, 6.07) is 17.3. The molecule has 1 amide bonds. The Morgan fingerprint density at radius 2 is 1.72 bits per heavy atom. The van der Waals surface area contributed by atoms with Crippen LogP contribution in [0.1, 0.15) is 5.56 Å². The number of benzene rings is 2. The summed E-state index contributed by atoms with van der Waals surface area (Å²) >= 11 is 6.05. The molecule has 1 heterocycles. The molecule has 25 heavy (non-hydrogen) atoms. The molecule has 2 aromatic carbocycles. The first-order chi connectivity index (χ1) is 11.6. The summed E-state index contributed by atoms with van der Waals surface area (Å²) in [5, 5.41) is 0.732. The van der Waals surface area contributed by atoms with E-state index < -0.39 is 6.04 Å². The predicted molar refractivity (Wildman–Crippen MR) is 106 cm³/mol. The summed E-state index contributed by atoms with van der Waals surface area (Å²) in [6.07, 6.45) is 0.578. The van der Waals surface area contributed by atoms with E-state index in [1.54, 1.807) is 0 Å². The minimum Gasteiger partial charge on any atom is -0.368 e. The molecule has 1 fully saturated rings. The Morgan fingerprint density at radius 1 is 1.04 bits per heavy atom. The Hall–Kier alpha value is -1.75.